The Morgan fingerprint density at radius 3 is 2.88 bits per heavy atom. The second kappa shape index (κ2) is 4.96. The summed E-state index contributed by atoms with van der Waals surface area (Å²) in [6.07, 6.45) is 0.374. The minimum Gasteiger partial charge on any atom is -0.492 e. The van der Waals surface area contributed by atoms with Crippen LogP contribution in [0.15, 0.2) is 18.2 Å². The number of hydrogen-bond acceptors (Lipinski definition) is 3. The van der Waals surface area contributed by atoms with E-state index in [4.69, 9.17) is 4.74 Å². The molecule has 1 heterocycles. The molecule has 1 aliphatic rings. The van der Waals surface area contributed by atoms with Crippen LogP contribution in [0.25, 0.3) is 0 Å². The molecule has 0 aliphatic carbocycles. The minimum atomic E-state index is -0.390. The molecular weight excluding hydrogens is 214 g/mol. The van der Waals surface area contributed by atoms with Gasteiger partial charge >= 0.3 is 0 Å². The molecule has 3 nitrogen and oxygen atoms in total. The highest BCUT2D eigenvalue weighted by Crippen LogP contribution is 2.40. The number of ether oxygens (including phenoxy) is 1. The van der Waals surface area contributed by atoms with Crippen LogP contribution in [0.2, 0.25) is 0 Å². The summed E-state index contributed by atoms with van der Waals surface area (Å²) >= 11 is 0. The van der Waals surface area contributed by atoms with Gasteiger partial charge in [0, 0.05) is 11.6 Å². The van der Waals surface area contributed by atoms with Gasteiger partial charge in [0.15, 0.2) is 0 Å². The second-order valence-corrected chi connectivity index (χ2v) is 4.90. The quantitative estimate of drug-likeness (QED) is 0.846. The summed E-state index contributed by atoms with van der Waals surface area (Å²) in [6.45, 7) is 6.94. The number of fused-ring (bicyclic) bond motifs is 1. The Labute approximate surface area is 103 Å². The molecule has 0 saturated heterocycles. The molecule has 0 amide bonds. The van der Waals surface area contributed by atoms with Gasteiger partial charge in [-0.3, -0.25) is 0 Å². The Morgan fingerprint density at radius 2 is 2.24 bits per heavy atom. The first-order valence-electron chi connectivity index (χ1n) is 6.33. The SMILES string of the molecule is CCOc1cccc2c1NC(C(C)C)CC2O. The third-order valence-electron chi connectivity index (χ3n) is 3.33. The number of para-hydroxylation sites is 1. The van der Waals surface area contributed by atoms with Crippen LogP contribution in [-0.2, 0) is 0 Å². The summed E-state index contributed by atoms with van der Waals surface area (Å²) < 4.78 is 5.61. The van der Waals surface area contributed by atoms with Crippen LogP contribution in [0.5, 0.6) is 5.75 Å². The van der Waals surface area contributed by atoms with Crippen LogP contribution in [0.3, 0.4) is 0 Å². The van der Waals surface area contributed by atoms with Crippen molar-refractivity contribution in [1.29, 1.82) is 0 Å². The number of aliphatic hydroxyl groups excluding tert-OH is 1. The van der Waals surface area contributed by atoms with Gasteiger partial charge in [0.2, 0.25) is 0 Å². The van der Waals surface area contributed by atoms with E-state index in [1.165, 1.54) is 0 Å². The number of anilines is 1. The molecule has 0 fully saturated rings. The van der Waals surface area contributed by atoms with Crippen molar-refractivity contribution < 1.29 is 9.84 Å². The standard InChI is InChI=1S/C14H21NO2/c1-4-17-13-7-5-6-10-12(16)8-11(9(2)3)15-14(10)13/h5-7,9,11-12,15-16H,4,8H2,1-3H3. The highest BCUT2D eigenvalue weighted by molar-refractivity contribution is 5.64. The molecule has 2 atom stereocenters. The normalized spacial score (nSPS) is 23.1. The average molecular weight is 235 g/mol. The Kier molecular flexibility index (Phi) is 3.57. The Hall–Kier alpha value is -1.22. The molecule has 1 aromatic carbocycles. The van der Waals surface area contributed by atoms with Gasteiger partial charge in [-0.05, 0) is 25.3 Å². The topological polar surface area (TPSA) is 41.5 Å². The maximum atomic E-state index is 10.2. The summed E-state index contributed by atoms with van der Waals surface area (Å²) in [4.78, 5) is 0. The lowest BCUT2D eigenvalue weighted by Gasteiger charge is -2.34. The third-order valence-corrected chi connectivity index (χ3v) is 3.33. The van der Waals surface area contributed by atoms with E-state index < -0.39 is 0 Å². The fourth-order valence-electron chi connectivity index (χ4n) is 2.31. The molecule has 0 spiro atoms. The van der Waals surface area contributed by atoms with Crippen LogP contribution >= 0.6 is 0 Å². The third kappa shape index (κ3) is 2.39. The van der Waals surface area contributed by atoms with Crippen molar-refractivity contribution in [2.45, 2.75) is 39.3 Å². The van der Waals surface area contributed by atoms with Crippen molar-refractivity contribution in [3.63, 3.8) is 0 Å². The van der Waals surface area contributed by atoms with E-state index >= 15 is 0 Å². The van der Waals surface area contributed by atoms with Crippen LogP contribution in [0.4, 0.5) is 5.69 Å². The maximum absolute atomic E-state index is 10.2. The number of aliphatic hydroxyl groups is 1. The smallest absolute Gasteiger partial charge is 0.142 e. The number of nitrogens with one attached hydrogen (secondary N) is 1. The van der Waals surface area contributed by atoms with E-state index in [-0.39, 0.29) is 6.10 Å². The number of rotatable bonds is 3. The largest absolute Gasteiger partial charge is 0.492 e. The van der Waals surface area contributed by atoms with E-state index in [1.54, 1.807) is 0 Å². The zero-order valence-electron chi connectivity index (χ0n) is 10.7. The lowest BCUT2D eigenvalue weighted by atomic mass is 9.89. The fraction of sp³-hybridized carbons (Fsp3) is 0.571. The van der Waals surface area contributed by atoms with E-state index in [2.05, 4.69) is 19.2 Å². The van der Waals surface area contributed by atoms with Gasteiger partial charge in [-0.25, -0.2) is 0 Å². The molecule has 3 heteroatoms. The highest BCUT2D eigenvalue weighted by Gasteiger charge is 2.28. The molecule has 2 rings (SSSR count). The molecule has 0 bridgehead atoms. The van der Waals surface area contributed by atoms with Gasteiger partial charge in [0.25, 0.3) is 0 Å². The first kappa shape index (κ1) is 12.2. The van der Waals surface area contributed by atoms with Gasteiger partial charge in [0.1, 0.15) is 5.75 Å². The lowest BCUT2D eigenvalue weighted by Crippen LogP contribution is -2.32. The van der Waals surface area contributed by atoms with Crippen LogP contribution in [0, 0.1) is 5.92 Å². The Morgan fingerprint density at radius 1 is 1.47 bits per heavy atom. The average Bonchev–Trinajstić information content (AvgIpc) is 2.30. The van der Waals surface area contributed by atoms with Gasteiger partial charge in [-0.15, -0.1) is 0 Å². The van der Waals surface area contributed by atoms with Gasteiger partial charge < -0.3 is 15.2 Å². The van der Waals surface area contributed by atoms with Gasteiger partial charge in [-0.2, -0.15) is 0 Å². The van der Waals surface area contributed by atoms with E-state index in [0.717, 1.165) is 23.4 Å². The minimum absolute atomic E-state index is 0.305. The van der Waals surface area contributed by atoms with Crippen molar-refractivity contribution >= 4 is 5.69 Å². The zero-order valence-corrected chi connectivity index (χ0v) is 10.7. The van der Waals surface area contributed by atoms with Crippen LogP contribution < -0.4 is 10.1 Å². The first-order chi connectivity index (χ1) is 8.13. The van der Waals surface area contributed by atoms with Crippen molar-refractivity contribution in [2.75, 3.05) is 11.9 Å². The predicted octanol–water partition coefficient (Wildman–Crippen LogP) is 2.96. The number of hydrogen-bond donors (Lipinski definition) is 2. The summed E-state index contributed by atoms with van der Waals surface area (Å²) in [5.74, 6) is 1.34. The van der Waals surface area contributed by atoms with Gasteiger partial charge in [-0.1, -0.05) is 26.0 Å². The van der Waals surface area contributed by atoms with E-state index in [0.29, 0.717) is 18.6 Å². The second-order valence-electron chi connectivity index (χ2n) is 4.90. The van der Waals surface area contributed by atoms with E-state index in [1.807, 2.05) is 25.1 Å². The van der Waals surface area contributed by atoms with Crippen molar-refractivity contribution in [3.05, 3.63) is 23.8 Å². The molecule has 94 valence electrons. The van der Waals surface area contributed by atoms with Crippen molar-refractivity contribution in [3.8, 4) is 5.75 Å². The zero-order chi connectivity index (χ0) is 12.4. The van der Waals surface area contributed by atoms with Crippen molar-refractivity contribution in [1.82, 2.24) is 0 Å². The molecule has 1 aliphatic heterocycles. The molecule has 0 saturated carbocycles. The summed E-state index contributed by atoms with van der Waals surface area (Å²) in [5.41, 5.74) is 1.92. The lowest BCUT2D eigenvalue weighted by molar-refractivity contribution is 0.147. The molecule has 0 aromatic heterocycles. The molecule has 17 heavy (non-hydrogen) atoms. The maximum Gasteiger partial charge on any atom is 0.142 e. The molecule has 2 unspecified atom stereocenters. The molecule has 2 N–H and O–H groups in total. The monoisotopic (exact) mass is 235 g/mol. The predicted molar refractivity (Wildman–Crippen MR) is 69.4 cm³/mol. The Bertz CT molecular complexity index is 390. The summed E-state index contributed by atoms with van der Waals surface area (Å²) in [7, 11) is 0. The Balaban J connectivity index is 2.35. The summed E-state index contributed by atoms with van der Waals surface area (Å²) in [5, 5.41) is 13.7. The molecular formula is C14H21NO2. The molecule has 0 radical (unpaired) electrons. The fourth-order valence-corrected chi connectivity index (χ4v) is 2.31. The molecule has 1 aromatic rings. The highest BCUT2D eigenvalue weighted by atomic mass is 16.5. The number of benzene rings is 1. The van der Waals surface area contributed by atoms with Crippen LogP contribution in [-0.4, -0.2) is 17.8 Å². The van der Waals surface area contributed by atoms with Crippen LogP contribution in [0.1, 0.15) is 38.9 Å². The first-order valence-corrected chi connectivity index (χ1v) is 6.33. The van der Waals surface area contributed by atoms with Crippen molar-refractivity contribution in [2.24, 2.45) is 5.92 Å². The van der Waals surface area contributed by atoms with E-state index in [9.17, 15) is 5.11 Å². The van der Waals surface area contributed by atoms with Gasteiger partial charge in [0.05, 0.1) is 18.4 Å². The summed E-state index contributed by atoms with van der Waals surface area (Å²) in [6, 6.07) is 6.15.